The zero-order valence-electron chi connectivity index (χ0n) is 10.7. The third-order valence-electron chi connectivity index (χ3n) is 2.63. The van der Waals surface area contributed by atoms with Gasteiger partial charge in [0.1, 0.15) is 0 Å². The van der Waals surface area contributed by atoms with E-state index in [1.54, 1.807) is 12.7 Å². The molecule has 0 aromatic carbocycles. The monoisotopic (exact) mass is 232 g/mol. The third kappa shape index (κ3) is 2.27. The predicted molar refractivity (Wildman–Crippen MR) is 67.6 cm³/mol. The molecule has 0 amide bonds. The molecule has 2 aromatic heterocycles. The van der Waals surface area contributed by atoms with Crippen molar-refractivity contribution in [2.75, 3.05) is 11.9 Å². The molecule has 0 unspecified atom stereocenters. The summed E-state index contributed by atoms with van der Waals surface area (Å²) in [6.07, 6.45) is 5.71. The van der Waals surface area contributed by atoms with Crippen LogP contribution < -0.4 is 9.88 Å². The van der Waals surface area contributed by atoms with Gasteiger partial charge in [-0.2, -0.15) is 0 Å². The van der Waals surface area contributed by atoms with E-state index in [0.717, 1.165) is 23.5 Å². The summed E-state index contributed by atoms with van der Waals surface area (Å²) in [6, 6.07) is 0. The molecule has 0 bridgehead atoms. The molecule has 0 radical (unpaired) electrons. The van der Waals surface area contributed by atoms with E-state index in [4.69, 9.17) is 0 Å². The first-order chi connectivity index (χ1) is 8.09. The first-order valence-electron chi connectivity index (χ1n) is 5.62. The second-order valence-electron chi connectivity index (χ2n) is 4.39. The molecule has 17 heavy (non-hydrogen) atoms. The normalized spacial score (nSPS) is 10.6. The van der Waals surface area contributed by atoms with Gasteiger partial charge in [-0.25, -0.2) is 9.55 Å². The molecule has 0 aliphatic heterocycles. The molecule has 0 saturated heterocycles. The fourth-order valence-electron chi connectivity index (χ4n) is 1.71. The van der Waals surface area contributed by atoms with Crippen LogP contribution >= 0.6 is 0 Å². The Bertz CT molecular complexity index is 564. The number of nitrogens with one attached hydrogen (secondary N) is 1. The minimum Gasteiger partial charge on any atom is -0.326 e. The van der Waals surface area contributed by atoms with E-state index in [1.807, 2.05) is 23.2 Å². The van der Waals surface area contributed by atoms with Crippen molar-refractivity contribution in [3.63, 3.8) is 0 Å². The second kappa shape index (κ2) is 4.53. The maximum absolute atomic E-state index is 4.28. The summed E-state index contributed by atoms with van der Waals surface area (Å²) in [5.41, 5.74) is 3.10. The van der Waals surface area contributed by atoms with Crippen molar-refractivity contribution >= 4 is 17.0 Å². The Morgan fingerprint density at radius 3 is 2.94 bits per heavy atom. The van der Waals surface area contributed by atoms with Crippen molar-refractivity contribution in [2.24, 2.45) is 14.1 Å². The fraction of sp³-hybridized carbons (Fsp3) is 0.417. The average Bonchev–Trinajstić information content (AvgIpc) is 2.63. The van der Waals surface area contributed by atoms with Gasteiger partial charge in [0.25, 0.3) is 11.5 Å². The summed E-state index contributed by atoms with van der Waals surface area (Å²) in [4.78, 5) is 8.53. The van der Waals surface area contributed by atoms with Crippen LogP contribution in [-0.2, 0) is 14.1 Å². The van der Waals surface area contributed by atoms with E-state index in [0.29, 0.717) is 0 Å². The maximum atomic E-state index is 4.28. The number of fused-ring (bicyclic) bond motifs is 1. The van der Waals surface area contributed by atoms with Gasteiger partial charge in [0, 0.05) is 7.05 Å². The van der Waals surface area contributed by atoms with Crippen molar-refractivity contribution in [1.82, 2.24) is 14.5 Å². The number of aryl methyl sites for hydroxylation is 2. The van der Waals surface area contributed by atoms with Crippen molar-refractivity contribution < 1.29 is 4.57 Å². The number of aromatic nitrogens is 4. The van der Waals surface area contributed by atoms with Crippen LogP contribution in [0.4, 0.5) is 5.82 Å². The lowest BCUT2D eigenvalue weighted by atomic mass is 10.3. The predicted octanol–water partition coefficient (Wildman–Crippen LogP) is 1.17. The first-order valence-corrected chi connectivity index (χ1v) is 5.62. The topological polar surface area (TPSA) is 46.6 Å². The molecule has 0 atom stereocenters. The molecular weight excluding hydrogens is 214 g/mol. The van der Waals surface area contributed by atoms with Crippen molar-refractivity contribution in [1.29, 1.82) is 0 Å². The van der Waals surface area contributed by atoms with Gasteiger partial charge in [0.15, 0.2) is 5.52 Å². The summed E-state index contributed by atoms with van der Waals surface area (Å²) < 4.78 is 3.95. The number of hydrogen-bond donors (Lipinski definition) is 1. The number of imidazole rings is 1. The Kier molecular flexibility index (Phi) is 3.08. The lowest BCUT2D eigenvalue weighted by Crippen LogP contribution is -2.33. The number of rotatable bonds is 3. The van der Waals surface area contributed by atoms with Crippen LogP contribution in [0.15, 0.2) is 24.3 Å². The van der Waals surface area contributed by atoms with E-state index >= 15 is 0 Å². The van der Waals surface area contributed by atoms with Crippen LogP contribution in [-0.4, -0.2) is 21.1 Å². The highest BCUT2D eigenvalue weighted by molar-refractivity contribution is 5.81. The molecule has 5 nitrogen and oxygen atoms in total. The molecule has 0 fully saturated rings. The Hall–Kier alpha value is -1.91. The molecule has 0 aliphatic rings. The zero-order valence-corrected chi connectivity index (χ0v) is 10.7. The lowest BCUT2D eigenvalue weighted by molar-refractivity contribution is -0.659. The van der Waals surface area contributed by atoms with Crippen LogP contribution in [0, 0.1) is 0 Å². The van der Waals surface area contributed by atoms with Gasteiger partial charge < -0.3 is 9.88 Å². The van der Waals surface area contributed by atoms with Gasteiger partial charge in [-0.1, -0.05) is 16.6 Å². The SMILES string of the molecule is CC(C)=CCNc1c2c(ncn2C)nc[n+]1C. The largest absolute Gasteiger partial charge is 0.326 e. The number of anilines is 1. The Labute approximate surface area is 101 Å². The molecule has 1 N–H and O–H groups in total. The van der Waals surface area contributed by atoms with Gasteiger partial charge in [-0.15, -0.1) is 0 Å². The molecule has 0 saturated carbocycles. The highest BCUT2D eigenvalue weighted by Crippen LogP contribution is 2.15. The summed E-state index contributed by atoms with van der Waals surface area (Å²) in [6.45, 7) is 4.99. The fourth-order valence-corrected chi connectivity index (χ4v) is 1.71. The Morgan fingerprint density at radius 2 is 2.24 bits per heavy atom. The van der Waals surface area contributed by atoms with Crippen molar-refractivity contribution in [3.8, 4) is 0 Å². The number of allylic oxidation sites excluding steroid dienone is 1. The van der Waals surface area contributed by atoms with Crippen LogP contribution in [0.3, 0.4) is 0 Å². The number of hydrogen-bond acceptors (Lipinski definition) is 3. The lowest BCUT2D eigenvalue weighted by Gasteiger charge is -2.04. The van der Waals surface area contributed by atoms with Gasteiger partial charge >= 0.3 is 0 Å². The van der Waals surface area contributed by atoms with Crippen LogP contribution in [0.25, 0.3) is 11.2 Å². The van der Waals surface area contributed by atoms with E-state index in [2.05, 4.69) is 35.2 Å². The molecule has 0 aliphatic carbocycles. The summed E-state index contributed by atoms with van der Waals surface area (Å²) >= 11 is 0. The second-order valence-corrected chi connectivity index (χ2v) is 4.39. The molecular formula is C12H18N5+. The Morgan fingerprint density at radius 1 is 1.47 bits per heavy atom. The highest BCUT2D eigenvalue weighted by Gasteiger charge is 2.15. The zero-order chi connectivity index (χ0) is 12.4. The van der Waals surface area contributed by atoms with Gasteiger partial charge in [-0.3, -0.25) is 0 Å². The Balaban J connectivity index is 2.40. The van der Waals surface area contributed by atoms with Crippen LogP contribution in [0.5, 0.6) is 0 Å². The molecule has 2 aromatic rings. The van der Waals surface area contributed by atoms with E-state index in [1.165, 1.54) is 5.57 Å². The van der Waals surface area contributed by atoms with Gasteiger partial charge in [0.05, 0.1) is 19.9 Å². The summed E-state index contributed by atoms with van der Waals surface area (Å²) in [7, 11) is 3.95. The average molecular weight is 232 g/mol. The summed E-state index contributed by atoms with van der Waals surface area (Å²) in [5, 5.41) is 3.40. The van der Waals surface area contributed by atoms with Crippen molar-refractivity contribution in [2.45, 2.75) is 13.8 Å². The summed E-state index contributed by atoms with van der Waals surface area (Å²) in [5.74, 6) is 1.03. The molecule has 2 rings (SSSR count). The smallest absolute Gasteiger partial charge is 0.260 e. The first kappa shape index (κ1) is 11.6. The molecule has 90 valence electrons. The number of nitrogens with zero attached hydrogens (tertiary/aromatic N) is 4. The molecule has 2 heterocycles. The quantitative estimate of drug-likeness (QED) is 0.638. The van der Waals surface area contributed by atoms with Gasteiger partial charge in [0.2, 0.25) is 6.33 Å². The van der Waals surface area contributed by atoms with Crippen molar-refractivity contribution in [3.05, 3.63) is 24.3 Å². The van der Waals surface area contributed by atoms with E-state index in [-0.39, 0.29) is 0 Å². The van der Waals surface area contributed by atoms with Crippen LogP contribution in [0.2, 0.25) is 0 Å². The van der Waals surface area contributed by atoms with Gasteiger partial charge in [-0.05, 0) is 13.8 Å². The van der Waals surface area contributed by atoms with E-state index in [9.17, 15) is 0 Å². The minimum absolute atomic E-state index is 0.769. The third-order valence-corrected chi connectivity index (χ3v) is 2.63. The van der Waals surface area contributed by atoms with E-state index < -0.39 is 0 Å². The maximum Gasteiger partial charge on any atom is 0.260 e. The highest BCUT2D eigenvalue weighted by atomic mass is 15.2. The standard InChI is InChI=1S/C12H17N5/c1-9(2)5-6-13-12-10-11(14-7-16(10)3)15-8-17(12)4/h5,7-8H,6H2,1-4H3/p+1. The minimum atomic E-state index is 0.769. The van der Waals surface area contributed by atoms with Crippen LogP contribution in [0.1, 0.15) is 13.8 Å². The molecule has 5 heteroatoms. The molecule has 0 spiro atoms.